The van der Waals surface area contributed by atoms with Crippen LogP contribution in [0.25, 0.3) is 0 Å². The molecule has 1 heterocycles. The first-order valence-electron chi connectivity index (χ1n) is 15.3. The van der Waals surface area contributed by atoms with Crippen LogP contribution in [0.3, 0.4) is 0 Å². The molecule has 7 rings (SSSR count). The van der Waals surface area contributed by atoms with Crippen molar-refractivity contribution in [2.24, 2.45) is 0 Å². The molecule has 0 aliphatic heterocycles. The highest BCUT2D eigenvalue weighted by Gasteiger charge is 2.59. The summed E-state index contributed by atoms with van der Waals surface area (Å²) in [7, 11) is -6.42. The number of benzene rings is 6. The zero-order chi connectivity index (χ0) is 30.4. The first-order chi connectivity index (χ1) is 22.4. The molecule has 0 unspecified atom stereocenters. The minimum atomic E-state index is -3.21. The van der Waals surface area contributed by atoms with Crippen molar-refractivity contribution in [3.05, 3.63) is 200 Å². The molecule has 5 heteroatoms. The van der Waals surface area contributed by atoms with Crippen LogP contribution in [0.1, 0.15) is 0 Å². The van der Waals surface area contributed by atoms with Crippen molar-refractivity contribution in [2.75, 3.05) is 4.23 Å². The number of hydrogen-bond donors (Lipinski definition) is 0. The van der Waals surface area contributed by atoms with Crippen LogP contribution in [0.4, 0.5) is 5.95 Å². The Labute approximate surface area is 267 Å². The zero-order valence-corrected chi connectivity index (χ0v) is 26.9. The molecule has 0 saturated heterocycles. The van der Waals surface area contributed by atoms with Crippen molar-refractivity contribution in [2.45, 2.75) is 0 Å². The molecule has 216 valence electrons. The van der Waals surface area contributed by atoms with Crippen molar-refractivity contribution < 1.29 is 0 Å². The fourth-order valence-corrected chi connectivity index (χ4v) is 19.6. The van der Waals surface area contributed by atoms with Crippen LogP contribution < -0.4 is 35.4 Å². The minimum absolute atomic E-state index is 0.726. The maximum absolute atomic E-state index is 5.15. The Kier molecular flexibility index (Phi) is 8.02. The van der Waals surface area contributed by atoms with Gasteiger partial charge in [0.2, 0.25) is 22.4 Å². The molecule has 7 aromatic rings. The molecule has 0 bridgehead atoms. The summed E-state index contributed by atoms with van der Waals surface area (Å²) >= 11 is 0. The van der Waals surface area contributed by atoms with Gasteiger partial charge in [0, 0.05) is 12.4 Å². The van der Waals surface area contributed by atoms with Crippen molar-refractivity contribution >= 4 is 53.5 Å². The van der Waals surface area contributed by atoms with Crippen molar-refractivity contribution in [3.8, 4) is 0 Å². The summed E-state index contributed by atoms with van der Waals surface area (Å²) in [6.07, 6.45) is 3.77. The van der Waals surface area contributed by atoms with Crippen molar-refractivity contribution in [3.63, 3.8) is 0 Å². The maximum atomic E-state index is 5.15. The predicted octanol–water partition coefficient (Wildman–Crippen LogP) is 4.62. The fraction of sp³-hybridized carbons (Fsp3) is 0. The second kappa shape index (κ2) is 12.7. The standard InChI is InChI=1S/C40H33N3Si2/c1-7-20-34(21-8-1)44(35-22-9-2-10-23-35,36-24-11-3-12-25-36)43(40-41-32-19-33-42-40)45(37-26-13-4-14-27-37,38-28-15-5-16-29-38)39-30-17-6-18-31-39/h1-33H. The molecule has 0 spiro atoms. The van der Waals surface area contributed by atoms with Crippen LogP contribution >= 0.6 is 0 Å². The largest absolute Gasteiger partial charge is 0.371 e. The van der Waals surface area contributed by atoms with E-state index in [1.807, 2.05) is 18.5 Å². The lowest BCUT2D eigenvalue weighted by atomic mass is 10.3. The van der Waals surface area contributed by atoms with Crippen LogP contribution in [0.5, 0.6) is 0 Å². The summed E-state index contributed by atoms with van der Waals surface area (Å²) in [5.74, 6) is 0.726. The Morgan fingerprint density at radius 3 is 0.733 bits per heavy atom. The zero-order valence-electron chi connectivity index (χ0n) is 24.9. The molecule has 0 amide bonds. The Bertz CT molecular complexity index is 1610. The lowest BCUT2D eigenvalue weighted by Crippen LogP contribution is -2.91. The monoisotopic (exact) mass is 611 g/mol. The smallest absolute Gasteiger partial charge is 0.248 e. The van der Waals surface area contributed by atoms with Gasteiger partial charge in [-0.05, 0) is 37.2 Å². The summed E-state index contributed by atoms with van der Waals surface area (Å²) in [6, 6.07) is 68.3. The summed E-state index contributed by atoms with van der Waals surface area (Å²) in [5, 5.41) is 7.64. The lowest BCUT2D eigenvalue weighted by molar-refractivity contribution is 1.13. The van der Waals surface area contributed by atoms with E-state index in [0.717, 1.165) is 5.95 Å². The number of nitrogens with zero attached hydrogens (tertiary/aromatic N) is 3. The molecule has 45 heavy (non-hydrogen) atoms. The van der Waals surface area contributed by atoms with E-state index in [1.165, 1.54) is 31.1 Å². The Hall–Kier alpha value is -5.37. The van der Waals surface area contributed by atoms with Crippen molar-refractivity contribution in [1.29, 1.82) is 0 Å². The highest BCUT2D eigenvalue weighted by Crippen LogP contribution is 2.27. The molecule has 3 nitrogen and oxygen atoms in total. The lowest BCUT2D eigenvalue weighted by Gasteiger charge is -2.53. The second-order valence-corrected chi connectivity index (χ2v) is 18.6. The SMILES string of the molecule is c1ccc([Si](c2ccccc2)(c2ccccc2)N(c2ncccn2)[Si](c2ccccc2)(c2ccccc2)c2ccccc2)cc1. The molecule has 0 saturated carbocycles. The van der Waals surface area contributed by atoms with Gasteiger partial charge in [0.1, 0.15) is 0 Å². The number of anilines is 1. The Morgan fingerprint density at radius 2 is 0.511 bits per heavy atom. The van der Waals surface area contributed by atoms with E-state index in [-0.39, 0.29) is 0 Å². The summed E-state index contributed by atoms with van der Waals surface area (Å²) in [4.78, 5) is 10.3. The fourth-order valence-electron chi connectivity index (χ4n) is 6.81. The molecule has 6 aromatic carbocycles. The number of hydrogen-bond acceptors (Lipinski definition) is 3. The van der Waals surface area contributed by atoms with Gasteiger partial charge in [0.05, 0.1) is 0 Å². The van der Waals surface area contributed by atoms with Gasteiger partial charge < -0.3 is 4.23 Å². The van der Waals surface area contributed by atoms with E-state index in [9.17, 15) is 0 Å². The van der Waals surface area contributed by atoms with Gasteiger partial charge in [-0.15, -0.1) is 0 Å². The number of rotatable bonds is 9. The molecule has 0 radical (unpaired) electrons. The van der Waals surface area contributed by atoms with Gasteiger partial charge in [0.25, 0.3) is 0 Å². The average Bonchev–Trinajstić information content (AvgIpc) is 3.14. The van der Waals surface area contributed by atoms with E-state index >= 15 is 0 Å². The minimum Gasteiger partial charge on any atom is -0.371 e. The summed E-state index contributed by atoms with van der Waals surface area (Å²) in [6.45, 7) is 0. The molecule has 0 aliphatic carbocycles. The summed E-state index contributed by atoms with van der Waals surface area (Å²) in [5.41, 5.74) is 0. The number of aromatic nitrogens is 2. The van der Waals surface area contributed by atoms with Gasteiger partial charge in [-0.25, -0.2) is 9.97 Å². The van der Waals surface area contributed by atoms with Crippen LogP contribution in [0, 0.1) is 0 Å². The van der Waals surface area contributed by atoms with Crippen LogP contribution in [-0.4, -0.2) is 26.4 Å². The molecule has 0 N–H and O–H groups in total. The van der Waals surface area contributed by atoms with Crippen LogP contribution in [-0.2, 0) is 0 Å². The van der Waals surface area contributed by atoms with E-state index in [1.54, 1.807) is 0 Å². The third-order valence-corrected chi connectivity index (χ3v) is 19.3. The van der Waals surface area contributed by atoms with Crippen LogP contribution in [0.15, 0.2) is 200 Å². The van der Waals surface area contributed by atoms with E-state index in [0.29, 0.717) is 0 Å². The molecule has 0 atom stereocenters. The molecule has 0 aliphatic rings. The predicted molar refractivity (Wildman–Crippen MR) is 192 cm³/mol. The third kappa shape index (κ3) is 4.92. The summed E-state index contributed by atoms with van der Waals surface area (Å²) < 4.78 is 2.74. The van der Waals surface area contributed by atoms with E-state index in [2.05, 4.69) is 186 Å². The van der Waals surface area contributed by atoms with Gasteiger partial charge in [0.15, 0.2) is 0 Å². The normalized spacial score (nSPS) is 11.6. The van der Waals surface area contributed by atoms with Crippen LogP contribution in [0.2, 0.25) is 0 Å². The Balaban J connectivity index is 1.77. The topological polar surface area (TPSA) is 29.0 Å². The van der Waals surface area contributed by atoms with Gasteiger partial charge in [-0.3, -0.25) is 0 Å². The second-order valence-electron chi connectivity index (χ2n) is 11.0. The van der Waals surface area contributed by atoms with Gasteiger partial charge >= 0.3 is 0 Å². The van der Waals surface area contributed by atoms with Crippen molar-refractivity contribution in [1.82, 2.24) is 9.97 Å². The maximum Gasteiger partial charge on any atom is 0.248 e. The van der Waals surface area contributed by atoms with E-state index in [4.69, 9.17) is 9.97 Å². The molecular weight excluding hydrogens is 579 g/mol. The highest BCUT2D eigenvalue weighted by molar-refractivity contribution is 7.29. The first-order valence-corrected chi connectivity index (χ1v) is 19.2. The highest BCUT2D eigenvalue weighted by atomic mass is 28.4. The van der Waals surface area contributed by atoms with E-state index < -0.39 is 16.5 Å². The van der Waals surface area contributed by atoms with Gasteiger partial charge in [-0.1, -0.05) is 182 Å². The quantitative estimate of drug-likeness (QED) is 0.176. The average molecular weight is 612 g/mol. The molecule has 0 fully saturated rings. The Morgan fingerprint density at radius 1 is 0.289 bits per heavy atom. The first kappa shape index (κ1) is 28.4. The molecule has 1 aromatic heterocycles. The third-order valence-electron chi connectivity index (χ3n) is 8.57. The molecular formula is C40H33N3Si2. The van der Waals surface area contributed by atoms with Gasteiger partial charge in [-0.2, -0.15) is 0 Å².